The molecule has 14 heavy (non-hydrogen) atoms. The Morgan fingerprint density at radius 1 is 1.50 bits per heavy atom. The Kier molecular flexibility index (Phi) is 15.4. The van der Waals surface area contributed by atoms with Crippen molar-refractivity contribution in [3.8, 4) is 0 Å². The molecule has 4 nitrogen and oxygen atoms in total. The van der Waals surface area contributed by atoms with Crippen LogP contribution in [-0.2, 0) is 4.79 Å². The van der Waals surface area contributed by atoms with Gasteiger partial charge in [0.05, 0.1) is 6.04 Å². The molecule has 0 aromatic carbocycles. The quantitative estimate of drug-likeness (QED) is 0.529. The molecule has 0 unspecified atom stereocenters. The Labute approximate surface area is 135 Å². The van der Waals surface area contributed by atoms with Crippen LogP contribution in [-0.4, -0.2) is 25.0 Å². The second kappa shape index (κ2) is 12.3. The van der Waals surface area contributed by atoms with Crippen LogP contribution in [0, 0.1) is 0 Å². The van der Waals surface area contributed by atoms with Crippen LogP contribution in [0.25, 0.3) is 5.73 Å². The molecule has 0 heterocycles. The minimum atomic E-state index is -0.429. The first-order chi connectivity index (χ1) is 6.22. The van der Waals surface area contributed by atoms with E-state index in [4.69, 9.17) is 11.5 Å². The van der Waals surface area contributed by atoms with Gasteiger partial charge in [0, 0.05) is 6.54 Å². The molecule has 0 saturated carbocycles. The average Bonchev–Trinajstić information content (AvgIpc) is 2.14. The van der Waals surface area contributed by atoms with Crippen molar-refractivity contribution in [2.75, 3.05) is 13.1 Å². The van der Waals surface area contributed by atoms with Crippen LogP contribution in [0.5, 0.6) is 0 Å². The SMILES string of the molecule is CCCCNC(=O)[C@H](N)CCC[NH-].[Rb+]. The third-order valence-electron chi connectivity index (χ3n) is 1.86. The number of hydrogen-bond acceptors (Lipinski definition) is 2. The van der Waals surface area contributed by atoms with Gasteiger partial charge in [-0.1, -0.05) is 19.8 Å². The first-order valence-corrected chi connectivity index (χ1v) is 4.90. The van der Waals surface area contributed by atoms with Gasteiger partial charge in [-0.05, 0) is 12.8 Å². The van der Waals surface area contributed by atoms with Gasteiger partial charge in [0.15, 0.2) is 0 Å². The van der Waals surface area contributed by atoms with E-state index in [0.717, 1.165) is 12.8 Å². The summed E-state index contributed by atoms with van der Waals surface area (Å²) in [5.74, 6) is -0.0816. The standard InChI is InChI=1S/C9H20N3O.Rb/c1-2-3-7-12-9(13)8(11)5-4-6-10;/h8,10H,2-7,11H2,1H3,(H,12,13);/q-1;+1/t8-;/m1./s1. The topological polar surface area (TPSA) is 78.9 Å². The van der Waals surface area contributed by atoms with Gasteiger partial charge in [0.25, 0.3) is 0 Å². The number of nitrogens with one attached hydrogen (secondary N) is 2. The Bertz CT molecular complexity index is 144. The summed E-state index contributed by atoms with van der Waals surface area (Å²) in [6.45, 7) is 3.13. The number of rotatable bonds is 7. The molecule has 0 aromatic heterocycles. The number of amides is 1. The van der Waals surface area contributed by atoms with Crippen molar-refractivity contribution in [2.24, 2.45) is 5.73 Å². The summed E-state index contributed by atoms with van der Waals surface area (Å²) < 4.78 is 0. The number of carbonyl (C=O) groups is 1. The zero-order valence-electron chi connectivity index (χ0n) is 9.31. The van der Waals surface area contributed by atoms with Gasteiger partial charge in [-0.2, -0.15) is 6.54 Å². The van der Waals surface area contributed by atoms with Crippen LogP contribution in [0.4, 0.5) is 0 Å². The molecular formula is C9H20N3ORb. The molecule has 0 aromatic rings. The Hall–Kier alpha value is 1.20. The fourth-order valence-electron chi connectivity index (χ4n) is 0.973. The Balaban J connectivity index is 0. The van der Waals surface area contributed by atoms with Gasteiger partial charge < -0.3 is 16.8 Å². The van der Waals surface area contributed by atoms with Gasteiger partial charge >= 0.3 is 58.2 Å². The van der Waals surface area contributed by atoms with E-state index in [9.17, 15) is 4.79 Å². The van der Waals surface area contributed by atoms with E-state index in [1.54, 1.807) is 0 Å². The Morgan fingerprint density at radius 3 is 2.64 bits per heavy atom. The van der Waals surface area contributed by atoms with E-state index >= 15 is 0 Å². The molecule has 0 spiro atoms. The summed E-state index contributed by atoms with van der Waals surface area (Å²) in [5, 5.41) is 2.77. The normalized spacial score (nSPS) is 11.6. The summed E-state index contributed by atoms with van der Waals surface area (Å²) in [5.41, 5.74) is 12.5. The number of hydrogen-bond donors (Lipinski definition) is 2. The van der Waals surface area contributed by atoms with Crippen LogP contribution >= 0.6 is 0 Å². The fraction of sp³-hybridized carbons (Fsp3) is 0.889. The van der Waals surface area contributed by atoms with Gasteiger partial charge in [-0.15, -0.1) is 0 Å². The second-order valence-corrected chi connectivity index (χ2v) is 3.14. The van der Waals surface area contributed by atoms with Crippen LogP contribution in [0.15, 0.2) is 0 Å². The van der Waals surface area contributed by atoms with Crippen LogP contribution in [0.3, 0.4) is 0 Å². The molecule has 0 aliphatic rings. The maximum atomic E-state index is 11.2. The van der Waals surface area contributed by atoms with Crippen LogP contribution in [0.1, 0.15) is 32.6 Å². The second-order valence-electron chi connectivity index (χ2n) is 3.14. The first-order valence-electron chi connectivity index (χ1n) is 4.90. The third-order valence-corrected chi connectivity index (χ3v) is 1.86. The van der Waals surface area contributed by atoms with Gasteiger partial charge in [-0.25, -0.2) is 0 Å². The van der Waals surface area contributed by atoms with Crippen molar-refractivity contribution >= 4 is 5.91 Å². The van der Waals surface area contributed by atoms with Crippen LogP contribution < -0.4 is 69.2 Å². The summed E-state index contributed by atoms with van der Waals surface area (Å²) in [6, 6.07) is -0.429. The first kappa shape index (κ1) is 17.6. The summed E-state index contributed by atoms with van der Waals surface area (Å²) in [6.07, 6.45) is 3.38. The number of nitrogens with two attached hydrogens (primary N) is 1. The molecule has 4 N–H and O–H groups in total. The zero-order valence-corrected chi connectivity index (χ0v) is 14.2. The number of unbranched alkanes of at least 4 members (excludes halogenated alkanes) is 1. The molecule has 0 radical (unpaired) electrons. The van der Waals surface area contributed by atoms with E-state index in [-0.39, 0.29) is 64.1 Å². The molecular weight excluding hydrogens is 252 g/mol. The van der Waals surface area contributed by atoms with E-state index < -0.39 is 6.04 Å². The van der Waals surface area contributed by atoms with E-state index in [1.807, 2.05) is 0 Å². The van der Waals surface area contributed by atoms with Crippen molar-refractivity contribution in [1.82, 2.24) is 5.32 Å². The van der Waals surface area contributed by atoms with Crippen molar-refractivity contribution < 1.29 is 63.0 Å². The molecule has 0 saturated heterocycles. The van der Waals surface area contributed by atoms with E-state index in [0.29, 0.717) is 25.9 Å². The molecule has 0 rings (SSSR count). The fourth-order valence-corrected chi connectivity index (χ4v) is 0.973. The molecule has 1 atom stereocenters. The van der Waals surface area contributed by atoms with Crippen molar-refractivity contribution in [3.63, 3.8) is 0 Å². The van der Waals surface area contributed by atoms with E-state index in [2.05, 4.69) is 12.2 Å². The molecule has 0 aliphatic heterocycles. The van der Waals surface area contributed by atoms with Crippen molar-refractivity contribution in [3.05, 3.63) is 5.73 Å². The number of carbonyl (C=O) groups excluding carboxylic acids is 1. The van der Waals surface area contributed by atoms with Gasteiger partial charge in [0.2, 0.25) is 5.91 Å². The smallest absolute Gasteiger partial charge is 0.677 e. The molecule has 0 aliphatic carbocycles. The molecule has 78 valence electrons. The third kappa shape index (κ3) is 9.74. The minimum absolute atomic E-state index is 0. The maximum Gasteiger partial charge on any atom is 1.00 e. The van der Waals surface area contributed by atoms with Crippen molar-refractivity contribution in [2.45, 2.75) is 38.6 Å². The largest absolute Gasteiger partial charge is 1.00 e. The predicted octanol–water partition coefficient (Wildman–Crippen LogP) is -1.93. The Morgan fingerprint density at radius 2 is 2.14 bits per heavy atom. The zero-order chi connectivity index (χ0) is 10.1. The average molecular weight is 272 g/mol. The van der Waals surface area contributed by atoms with Crippen molar-refractivity contribution in [1.29, 1.82) is 0 Å². The summed E-state index contributed by atoms with van der Waals surface area (Å²) in [4.78, 5) is 11.2. The van der Waals surface area contributed by atoms with Crippen LogP contribution in [0.2, 0.25) is 0 Å². The maximum absolute atomic E-state index is 11.2. The molecule has 0 bridgehead atoms. The minimum Gasteiger partial charge on any atom is -0.677 e. The predicted molar refractivity (Wildman–Crippen MR) is 54.3 cm³/mol. The monoisotopic (exact) mass is 271 g/mol. The summed E-state index contributed by atoms with van der Waals surface area (Å²) in [7, 11) is 0. The molecule has 1 amide bonds. The molecule has 0 fully saturated rings. The van der Waals surface area contributed by atoms with E-state index in [1.165, 1.54) is 0 Å². The van der Waals surface area contributed by atoms with Gasteiger partial charge in [-0.3, -0.25) is 4.79 Å². The summed E-state index contributed by atoms with van der Waals surface area (Å²) >= 11 is 0. The van der Waals surface area contributed by atoms with Gasteiger partial charge in [0.1, 0.15) is 0 Å². The molecule has 5 heteroatoms.